The summed E-state index contributed by atoms with van der Waals surface area (Å²) >= 11 is 0. The number of allylic oxidation sites excluding steroid dienone is 1. The number of esters is 1. The second kappa shape index (κ2) is 12.5. The highest BCUT2D eigenvalue weighted by Gasteiger charge is 2.43. The number of rotatable bonds is 11. The second-order valence-electron chi connectivity index (χ2n) is 11.3. The van der Waals surface area contributed by atoms with Crippen LogP contribution >= 0.6 is 0 Å². The first-order chi connectivity index (χ1) is 15.6. The second-order valence-corrected chi connectivity index (χ2v) is 16.1. The SMILES string of the molecule is C/C=C/CC(CCCO[Si](C)(C)C(C)(C)C)(NC(=O)OCc1ccccc1)C(=O)OC(C)(C)C. The molecule has 192 valence electrons. The first-order valence-electron chi connectivity index (χ1n) is 12.1. The minimum Gasteiger partial charge on any atom is -0.458 e. The molecule has 1 N–H and O–H groups in total. The molecule has 0 bridgehead atoms. The van der Waals surface area contributed by atoms with Gasteiger partial charge in [0.1, 0.15) is 17.7 Å². The van der Waals surface area contributed by atoms with Gasteiger partial charge in [0.15, 0.2) is 8.32 Å². The van der Waals surface area contributed by atoms with Crippen LogP contribution in [0.25, 0.3) is 0 Å². The van der Waals surface area contributed by atoms with Crippen LogP contribution in [0.4, 0.5) is 4.79 Å². The maximum atomic E-state index is 13.4. The lowest BCUT2D eigenvalue weighted by molar-refractivity contribution is -0.163. The first-order valence-corrected chi connectivity index (χ1v) is 15.0. The van der Waals surface area contributed by atoms with Gasteiger partial charge < -0.3 is 19.2 Å². The normalized spacial score (nSPS) is 14.5. The van der Waals surface area contributed by atoms with E-state index in [1.165, 1.54) is 0 Å². The maximum Gasteiger partial charge on any atom is 0.408 e. The van der Waals surface area contributed by atoms with E-state index in [1.54, 1.807) is 0 Å². The Morgan fingerprint density at radius 2 is 1.65 bits per heavy atom. The Hall–Kier alpha value is -2.12. The van der Waals surface area contributed by atoms with Crippen molar-refractivity contribution in [3.05, 3.63) is 48.0 Å². The van der Waals surface area contributed by atoms with E-state index in [1.807, 2.05) is 70.2 Å². The number of hydrogen-bond donors (Lipinski definition) is 1. The zero-order valence-corrected chi connectivity index (χ0v) is 23.6. The molecule has 7 heteroatoms. The van der Waals surface area contributed by atoms with Crippen molar-refractivity contribution in [2.75, 3.05) is 6.61 Å². The highest BCUT2D eigenvalue weighted by Crippen LogP contribution is 2.36. The van der Waals surface area contributed by atoms with Gasteiger partial charge in [0.05, 0.1) is 0 Å². The highest BCUT2D eigenvalue weighted by molar-refractivity contribution is 6.74. The molecule has 0 aromatic heterocycles. The lowest BCUT2D eigenvalue weighted by Gasteiger charge is -2.37. The van der Waals surface area contributed by atoms with Crippen LogP contribution in [0.3, 0.4) is 0 Å². The Balaban J connectivity index is 3.03. The third-order valence-electron chi connectivity index (χ3n) is 6.06. The number of amides is 1. The van der Waals surface area contributed by atoms with Crippen LogP contribution in [0, 0.1) is 0 Å². The van der Waals surface area contributed by atoms with Gasteiger partial charge in [-0.2, -0.15) is 0 Å². The van der Waals surface area contributed by atoms with Crippen LogP contribution in [0.2, 0.25) is 18.1 Å². The summed E-state index contributed by atoms with van der Waals surface area (Å²) in [6.45, 7) is 19.0. The average molecular weight is 492 g/mol. The van der Waals surface area contributed by atoms with Crippen molar-refractivity contribution in [3.8, 4) is 0 Å². The van der Waals surface area contributed by atoms with E-state index in [0.717, 1.165) is 5.56 Å². The van der Waals surface area contributed by atoms with Gasteiger partial charge in [-0.15, -0.1) is 0 Å². The number of carbonyl (C=O) groups is 2. The molecular weight excluding hydrogens is 446 g/mol. The summed E-state index contributed by atoms with van der Waals surface area (Å²) in [5, 5.41) is 2.95. The fourth-order valence-corrected chi connectivity index (χ4v) is 4.11. The summed E-state index contributed by atoms with van der Waals surface area (Å²) < 4.78 is 17.5. The lowest BCUT2D eigenvalue weighted by atomic mass is 9.89. The van der Waals surface area contributed by atoms with Crippen molar-refractivity contribution in [1.29, 1.82) is 0 Å². The summed E-state index contributed by atoms with van der Waals surface area (Å²) in [7, 11) is -1.92. The molecule has 0 fully saturated rings. The topological polar surface area (TPSA) is 73.9 Å². The third kappa shape index (κ3) is 10.0. The van der Waals surface area contributed by atoms with E-state index in [0.29, 0.717) is 25.9 Å². The molecule has 1 atom stereocenters. The summed E-state index contributed by atoms with van der Waals surface area (Å²) in [6.07, 6.45) is 4.37. The van der Waals surface area contributed by atoms with Crippen molar-refractivity contribution in [2.45, 2.75) is 104 Å². The van der Waals surface area contributed by atoms with Crippen molar-refractivity contribution < 1.29 is 23.5 Å². The Labute approximate surface area is 207 Å². The van der Waals surface area contributed by atoms with Gasteiger partial charge in [0.25, 0.3) is 0 Å². The van der Waals surface area contributed by atoms with Gasteiger partial charge in [-0.25, -0.2) is 9.59 Å². The summed E-state index contributed by atoms with van der Waals surface area (Å²) in [5.74, 6) is -0.470. The fraction of sp³-hybridized carbons (Fsp3) is 0.630. The van der Waals surface area contributed by atoms with Gasteiger partial charge in [0, 0.05) is 6.61 Å². The molecule has 1 unspecified atom stereocenters. The molecule has 1 aromatic rings. The van der Waals surface area contributed by atoms with Crippen LogP contribution in [-0.2, 0) is 25.3 Å². The Morgan fingerprint density at radius 1 is 1.03 bits per heavy atom. The van der Waals surface area contributed by atoms with Crippen molar-refractivity contribution >= 4 is 20.4 Å². The summed E-state index contributed by atoms with van der Waals surface area (Å²) in [4.78, 5) is 26.2. The molecule has 0 spiro atoms. The Bertz CT molecular complexity index is 809. The van der Waals surface area contributed by atoms with E-state index in [2.05, 4.69) is 39.2 Å². The molecular formula is C27H45NO5Si. The molecule has 1 amide bonds. The van der Waals surface area contributed by atoms with Crippen LogP contribution < -0.4 is 5.32 Å². The molecule has 0 saturated heterocycles. The van der Waals surface area contributed by atoms with E-state index in [4.69, 9.17) is 13.9 Å². The van der Waals surface area contributed by atoms with E-state index >= 15 is 0 Å². The molecule has 0 saturated carbocycles. The maximum absolute atomic E-state index is 13.4. The monoisotopic (exact) mass is 491 g/mol. The largest absolute Gasteiger partial charge is 0.458 e. The van der Waals surface area contributed by atoms with E-state index in [-0.39, 0.29) is 11.6 Å². The number of nitrogens with one attached hydrogen (secondary N) is 1. The van der Waals surface area contributed by atoms with Crippen LogP contribution in [0.15, 0.2) is 42.5 Å². The molecule has 1 aromatic carbocycles. The van der Waals surface area contributed by atoms with Crippen LogP contribution in [0.5, 0.6) is 0 Å². The first kappa shape index (κ1) is 29.9. The van der Waals surface area contributed by atoms with Gasteiger partial charge in [-0.1, -0.05) is 63.3 Å². The van der Waals surface area contributed by atoms with Crippen LogP contribution in [0.1, 0.15) is 73.3 Å². The third-order valence-corrected chi connectivity index (χ3v) is 10.6. The van der Waals surface area contributed by atoms with Gasteiger partial charge in [0.2, 0.25) is 0 Å². The molecule has 1 rings (SSSR count). The highest BCUT2D eigenvalue weighted by atomic mass is 28.4. The average Bonchev–Trinajstić information content (AvgIpc) is 2.72. The van der Waals surface area contributed by atoms with E-state index in [9.17, 15) is 9.59 Å². The molecule has 34 heavy (non-hydrogen) atoms. The van der Waals surface area contributed by atoms with Crippen molar-refractivity contribution in [3.63, 3.8) is 0 Å². The van der Waals surface area contributed by atoms with Gasteiger partial charge in [-0.05, 0) is 70.7 Å². The standard InChI is InChI=1S/C27H45NO5Si/c1-10-11-18-27(23(29)33-25(2,3)4,19-15-20-32-34(8,9)26(5,6)7)28-24(30)31-21-22-16-13-12-14-17-22/h10-14,16-17H,15,18-21H2,1-9H3,(H,28,30)/b11-10+. The summed E-state index contributed by atoms with van der Waals surface area (Å²) in [6, 6.07) is 9.44. The number of alkyl carbamates (subject to hydrolysis) is 1. The van der Waals surface area contributed by atoms with Gasteiger partial charge >= 0.3 is 12.1 Å². The molecule has 0 aliphatic heterocycles. The zero-order chi connectivity index (χ0) is 26.0. The van der Waals surface area contributed by atoms with Crippen molar-refractivity contribution in [2.24, 2.45) is 0 Å². The van der Waals surface area contributed by atoms with Gasteiger partial charge in [-0.3, -0.25) is 0 Å². The summed E-state index contributed by atoms with van der Waals surface area (Å²) in [5.41, 5.74) is -1.06. The Morgan fingerprint density at radius 3 is 2.18 bits per heavy atom. The Kier molecular flexibility index (Phi) is 11.0. The van der Waals surface area contributed by atoms with Crippen molar-refractivity contribution in [1.82, 2.24) is 5.32 Å². The predicted molar refractivity (Wildman–Crippen MR) is 140 cm³/mol. The zero-order valence-electron chi connectivity index (χ0n) is 22.6. The minimum absolute atomic E-state index is 0.0969. The molecule has 0 radical (unpaired) electrons. The van der Waals surface area contributed by atoms with E-state index < -0.39 is 31.5 Å². The van der Waals surface area contributed by atoms with Crippen LogP contribution in [-0.4, -0.2) is 38.1 Å². The number of carbonyl (C=O) groups excluding carboxylic acids is 2. The molecule has 0 heterocycles. The molecule has 0 aliphatic rings. The molecule has 0 aliphatic carbocycles. The smallest absolute Gasteiger partial charge is 0.408 e. The lowest BCUT2D eigenvalue weighted by Crippen LogP contribution is -2.56. The minimum atomic E-state index is -1.92. The number of ether oxygens (including phenoxy) is 2. The molecule has 6 nitrogen and oxygen atoms in total. The fourth-order valence-electron chi connectivity index (χ4n) is 3.02. The number of hydrogen-bond acceptors (Lipinski definition) is 5. The number of benzene rings is 1. The quantitative estimate of drug-likeness (QED) is 0.160. The predicted octanol–water partition coefficient (Wildman–Crippen LogP) is 6.76.